The predicted octanol–water partition coefficient (Wildman–Crippen LogP) is -0.674. The van der Waals surface area contributed by atoms with Crippen LogP contribution in [0.25, 0.3) is 0 Å². The number of hydrogen-bond acceptors (Lipinski definition) is 28. The second-order valence-corrected chi connectivity index (χ2v) is 22.7. The van der Waals surface area contributed by atoms with E-state index in [1.165, 1.54) is 0 Å². The molecule has 32 nitrogen and oxygen atoms in total. The van der Waals surface area contributed by atoms with Crippen LogP contribution in [0.1, 0.15) is 6.92 Å². The summed E-state index contributed by atoms with van der Waals surface area (Å²) in [6.45, 7) is -0.764. The predicted molar refractivity (Wildman–Crippen MR) is 229 cm³/mol. The Balaban J connectivity index is 1.97. The molecule has 0 spiro atoms. The Morgan fingerprint density at radius 1 is 0.652 bits per heavy atom. The van der Waals surface area contributed by atoms with Crippen LogP contribution in [0.4, 0.5) is 28.4 Å². The molecule has 4 rings (SSSR count). The minimum Gasteiger partial charge on any atom is -0.504 e. The Morgan fingerprint density at radius 2 is 1.16 bits per heavy atom. The average molecular weight is 1110 g/mol. The smallest absolute Gasteiger partial charge is 0.397 e. The van der Waals surface area contributed by atoms with Crippen molar-refractivity contribution in [3.05, 3.63) is 85.8 Å². The molecule has 0 saturated carbocycles. The van der Waals surface area contributed by atoms with Gasteiger partial charge >= 0.3 is 10.4 Å². The van der Waals surface area contributed by atoms with Crippen LogP contribution in [-0.4, -0.2) is 110 Å². The molecule has 0 aliphatic carbocycles. The first-order valence-corrected chi connectivity index (χ1v) is 27.0. The van der Waals surface area contributed by atoms with E-state index in [0.717, 1.165) is 25.1 Å². The number of phenols is 1. The number of azo groups is 1. The Labute approximate surface area is 391 Å². The number of anilines is 3. The van der Waals surface area contributed by atoms with Gasteiger partial charge in [0.05, 0.1) is 45.9 Å². The molecule has 0 aromatic heterocycles. The van der Waals surface area contributed by atoms with Crippen LogP contribution in [0.3, 0.4) is 0 Å². The molecule has 1 amide bonds. The molecule has 69 heavy (non-hydrogen) atoms. The number of carbonyl (C=O) groups is 1. The second-order valence-electron chi connectivity index (χ2n) is 12.7. The van der Waals surface area contributed by atoms with Crippen LogP contribution in [0.2, 0.25) is 0 Å². The Morgan fingerprint density at radius 3 is 1.70 bits per heavy atom. The van der Waals surface area contributed by atoms with Gasteiger partial charge in [0.2, 0.25) is 16.8 Å². The van der Waals surface area contributed by atoms with Crippen LogP contribution in [0.5, 0.6) is 5.75 Å². The van der Waals surface area contributed by atoms with Crippen molar-refractivity contribution in [3.8, 4) is 5.75 Å². The van der Waals surface area contributed by atoms with Crippen molar-refractivity contribution in [1.29, 1.82) is 0 Å². The highest BCUT2D eigenvalue weighted by atomic mass is 32.3. The van der Waals surface area contributed by atoms with Gasteiger partial charge in [-0.3, -0.25) is 47.6 Å². The van der Waals surface area contributed by atoms with Gasteiger partial charge in [0.1, 0.15) is 20.4 Å². The Kier molecular flexibility index (Phi) is 17.7. The molecule has 0 saturated heterocycles. The number of benzene rings is 4. The van der Waals surface area contributed by atoms with E-state index in [-0.39, 0.29) is 18.0 Å². The summed E-state index contributed by atoms with van der Waals surface area (Å²) in [6, 6.07) is 5.95. The molecule has 0 bridgehead atoms. The zero-order valence-electron chi connectivity index (χ0n) is 33.6. The highest BCUT2D eigenvalue weighted by Gasteiger charge is 2.26. The minimum atomic E-state index is -5.48. The van der Waals surface area contributed by atoms with Crippen molar-refractivity contribution >= 4 is 107 Å². The normalized spacial score (nSPS) is 13.5. The van der Waals surface area contributed by atoms with Gasteiger partial charge in [0.15, 0.2) is 54.1 Å². The van der Waals surface area contributed by atoms with Gasteiger partial charge in [-0.2, -0.15) is 43.9 Å². The van der Waals surface area contributed by atoms with Crippen LogP contribution in [0, 0.1) is 0 Å². The van der Waals surface area contributed by atoms with E-state index in [2.05, 4.69) is 43.5 Å². The zero-order valence-corrected chi connectivity index (χ0v) is 39.3. The summed E-state index contributed by atoms with van der Waals surface area (Å²) in [4.78, 5) is 33.8. The molecule has 4 aromatic rings. The van der Waals surface area contributed by atoms with Crippen molar-refractivity contribution in [2.75, 3.05) is 40.9 Å². The Bertz CT molecular complexity index is 3660. The highest BCUT2D eigenvalue weighted by Crippen LogP contribution is 2.31. The van der Waals surface area contributed by atoms with Crippen molar-refractivity contribution in [2.24, 2.45) is 20.4 Å². The lowest BCUT2D eigenvalue weighted by Gasteiger charge is -2.10. The third-order valence-electron chi connectivity index (χ3n) is 8.01. The van der Waals surface area contributed by atoms with E-state index >= 15 is 0 Å². The van der Waals surface area contributed by atoms with E-state index in [0.29, 0.717) is 36.4 Å². The first-order chi connectivity index (χ1) is 31.8. The molecule has 39 heteroatoms. The quantitative estimate of drug-likeness (QED) is 0.0118. The van der Waals surface area contributed by atoms with Gasteiger partial charge in [0, 0.05) is 12.6 Å². The Hall–Kier alpha value is -5.76. The zero-order chi connectivity index (χ0) is 51.9. The molecule has 9 N–H and O–H groups in total. The molecule has 0 unspecified atom stereocenters. The molecule has 376 valence electrons. The summed E-state index contributed by atoms with van der Waals surface area (Å²) in [5.41, 5.74) is -3.72. The summed E-state index contributed by atoms with van der Waals surface area (Å²) in [6.07, 6.45) is 0. The van der Waals surface area contributed by atoms with Gasteiger partial charge in [0.25, 0.3) is 30.4 Å². The van der Waals surface area contributed by atoms with Gasteiger partial charge in [-0.1, -0.05) is 5.04 Å². The van der Waals surface area contributed by atoms with E-state index in [4.69, 9.17) is 9.81 Å². The van der Waals surface area contributed by atoms with E-state index in [1.807, 2.05) is 10.9 Å². The van der Waals surface area contributed by atoms with E-state index in [9.17, 15) is 83.7 Å². The lowest BCUT2D eigenvalue weighted by molar-refractivity contribution is -0.434. The first kappa shape index (κ1) is 55.8. The van der Waals surface area contributed by atoms with Crippen molar-refractivity contribution in [2.45, 2.75) is 31.4 Å². The standard InChI is InChI=1S/C30H29N7O25S7/c1-15(38)31-16-2-5-19(22(12-16)66(47,48)49)32-35-25-28(39)26(36-33-20-6-3-17(13-23(20)67(50,51)52)64(43,44)10-8-59-63-62-61-42)30(41)27(29(25)40)37-34-21-7-4-18(14-24(21)68(53,54)55)65(45,46)11-9-60-69(56,57)58/h2-7,12-14,32,34,41-42H,8-11H2,1H3,(H,31,38)(H,47,48,49)(H,50,51,52)(H,53,54,55)(H,56,57,58)/b35-25-,36-33?,37-27-. The van der Waals surface area contributed by atoms with Crippen LogP contribution >= 0.6 is 12.3 Å². The fraction of sp³-hybridized carbons (Fsp3) is 0.167. The third-order valence-corrected chi connectivity index (χ3v) is 14.9. The highest BCUT2D eigenvalue weighted by molar-refractivity contribution is 7.92. The molecule has 0 atom stereocenters. The number of nitrogens with zero attached hydrogens (tertiary/aromatic N) is 4. The largest absolute Gasteiger partial charge is 0.504 e. The van der Waals surface area contributed by atoms with Crippen LogP contribution in [0.15, 0.2) is 109 Å². The minimum absolute atomic E-state index is 0.00962. The number of rotatable bonds is 22. The molecule has 0 radical (unpaired) electrons. The molecule has 4 aromatic carbocycles. The summed E-state index contributed by atoms with van der Waals surface area (Å²) in [5.74, 6) is -4.34. The fourth-order valence-corrected chi connectivity index (χ4v) is 10.1. The van der Waals surface area contributed by atoms with Crippen molar-refractivity contribution in [3.63, 3.8) is 0 Å². The maximum Gasteiger partial charge on any atom is 0.397 e. The van der Waals surface area contributed by atoms with Crippen LogP contribution in [-0.2, 0) is 83.0 Å². The molecular formula is C30H29N7O25S7. The van der Waals surface area contributed by atoms with Gasteiger partial charge in [-0.25, -0.2) is 26.3 Å². The molecule has 0 heterocycles. The third kappa shape index (κ3) is 15.1. The lowest BCUT2D eigenvalue weighted by Crippen LogP contribution is -2.48. The van der Waals surface area contributed by atoms with E-state index < -0.39 is 166 Å². The van der Waals surface area contributed by atoms with E-state index in [1.54, 1.807) is 0 Å². The molecule has 0 aliphatic rings. The van der Waals surface area contributed by atoms with Gasteiger partial charge in [-0.15, -0.1) is 14.6 Å². The number of sulfone groups is 2. The van der Waals surface area contributed by atoms with Gasteiger partial charge < -0.3 is 10.4 Å². The number of hydrogen-bond donors (Lipinski definition) is 9. The lowest BCUT2D eigenvalue weighted by atomic mass is 10.2. The molecule has 0 fully saturated rings. The summed E-state index contributed by atoms with van der Waals surface area (Å²) in [7, 11) is -30.4. The van der Waals surface area contributed by atoms with Crippen LogP contribution < -0.4 is 37.7 Å². The fourth-order valence-electron chi connectivity index (χ4n) is 5.07. The molecule has 0 aliphatic heterocycles. The monoisotopic (exact) mass is 1110 g/mol. The average Bonchev–Trinajstić information content (AvgIpc) is 3.22. The molecular weight excluding hydrogens is 1080 g/mol. The van der Waals surface area contributed by atoms with Crippen molar-refractivity contribution in [1.82, 2.24) is 0 Å². The van der Waals surface area contributed by atoms with Gasteiger partial charge in [-0.05, 0) is 54.6 Å². The topological polar surface area (TPSA) is 500 Å². The number of amides is 1. The SMILES string of the molecule is CC(=O)Nc1ccc(N/N=c2/c(=O)c(N=Nc3ccc(S(=O)(=O)CCOSOOO)cc3S(=O)(=O)O)c(O)/c(=N\Nc3ccc(S(=O)(=O)CCOS(=O)(=O)O)cc3S(=O)(=O)O)c2=O)c(S(=O)(=O)O)c1. The maximum atomic E-state index is 13.8. The first-order valence-electron chi connectivity index (χ1n) is 17.3. The number of aromatic hydroxyl groups is 1. The summed E-state index contributed by atoms with van der Waals surface area (Å²) in [5, 5.41) is 36.0. The number of nitrogens with one attached hydrogen (secondary N) is 3. The summed E-state index contributed by atoms with van der Waals surface area (Å²) < 4.78 is 198. The maximum absolute atomic E-state index is 13.8. The second kappa shape index (κ2) is 21.9. The summed E-state index contributed by atoms with van der Waals surface area (Å²) >= 11 is 0.00962. The number of phenolic OH excluding ortho intramolecular Hbond substituents is 1. The van der Waals surface area contributed by atoms with Crippen molar-refractivity contribution < 1.29 is 102 Å². The number of carbonyl (C=O) groups excluding carboxylic acids is 1.